The summed E-state index contributed by atoms with van der Waals surface area (Å²) in [5.74, 6) is 0.939. The number of methoxy groups -OCH3 is 1. The van der Waals surface area contributed by atoms with E-state index >= 15 is 0 Å². The number of aromatic nitrogens is 3. The predicted octanol–water partition coefficient (Wildman–Crippen LogP) is 5.17. The van der Waals surface area contributed by atoms with E-state index in [2.05, 4.69) is 20.6 Å². The molecule has 4 rings (SSSR count). The van der Waals surface area contributed by atoms with Gasteiger partial charge in [0.15, 0.2) is 11.6 Å². The number of pyridine rings is 1. The van der Waals surface area contributed by atoms with Crippen LogP contribution in [0.3, 0.4) is 0 Å². The number of nitrogens with zero attached hydrogens (tertiary/aromatic N) is 3. The molecule has 1 aliphatic rings. The molecule has 1 aromatic carbocycles. The summed E-state index contributed by atoms with van der Waals surface area (Å²) in [6.45, 7) is 0. The van der Waals surface area contributed by atoms with Gasteiger partial charge in [-0.3, -0.25) is 4.98 Å². The van der Waals surface area contributed by atoms with Crippen LogP contribution in [0, 0.1) is 5.82 Å². The lowest BCUT2D eigenvalue weighted by Crippen LogP contribution is -2.23. The van der Waals surface area contributed by atoms with E-state index in [4.69, 9.17) is 9.72 Å². The van der Waals surface area contributed by atoms with Gasteiger partial charge in [0.05, 0.1) is 12.8 Å². The molecular weight excluding hydrogens is 369 g/mol. The Bertz CT molecular complexity index is 961. The molecule has 150 valence electrons. The largest absolute Gasteiger partial charge is 0.494 e. The van der Waals surface area contributed by atoms with Gasteiger partial charge in [-0.2, -0.15) is 4.98 Å². The molecule has 2 aromatic heterocycles. The van der Waals surface area contributed by atoms with E-state index < -0.39 is 5.82 Å². The van der Waals surface area contributed by atoms with Gasteiger partial charge in [0.1, 0.15) is 5.82 Å². The van der Waals surface area contributed by atoms with E-state index in [0.29, 0.717) is 23.5 Å². The lowest BCUT2D eigenvalue weighted by Gasteiger charge is -2.23. The van der Waals surface area contributed by atoms with Crippen molar-refractivity contribution in [3.63, 3.8) is 0 Å². The molecule has 6 nitrogen and oxygen atoms in total. The Kier molecular flexibility index (Phi) is 5.84. The number of benzene rings is 1. The summed E-state index contributed by atoms with van der Waals surface area (Å²) in [4.78, 5) is 13.4. The van der Waals surface area contributed by atoms with Gasteiger partial charge in [-0.1, -0.05) is 19.3 Å². The molecule has 0 aliphatic heterocycles. The third-order valence-corrected chi connectivity index (χ3v) is 5.06. The van der Waals surface area contributed by atoms with Gasteiger partial charge in [-0.25, -0.2) is 9.37 Å². The highest BCUT2D eigenvalue weighted by atomic mass is 19.1. The normalized spacial score (nSPS) is 14.4. The quantitative estimate of drug-likeness (QED) is 0.602. The van der Waals surface area contributed by atoms with Crippen LogP contribution >= 0.6 is 0 Å². The van der Waals surface area contributed by atoms with Crippen LogP contribution in [0.4, 0.5) is 21.8 Å². The van der Waals surface area contributed by atoms with E-state index in [1.165, 1.54) is 32.4 Å². The zero-order valence-electron chi connectivity index (χ0n) is 16.4. The maximum absolute atomic E-state index is 14.1. The van der Waals surface area contributed by atoms with Crippen molar-refractivity contribution in [2.45, 2.75) is 38.1 Å². The maximum Gasteiger partial charge on any atom is 0.225 e. The molecule has 3 aromatic rings. The van der Waals surface area contributed by atoms with Gasteiger partial charge in [0.25, 0.3) is 0 Å². The minimum atomic E-state index is -0.429. The lowest BCUT2D eigenvalue weighted by molar-refractivity contribution is 0.386. The first-order chi connectivity index (χ1) is 14.2. The first-order valence-corrected chi connectivity index (χ1v) is 9.88. The van der Waals surface area contributed by atoms with Crippen LogP contribution in [0.25, 0.3) is 11.3 Å². The number of hydrogen-bond donors (Lipinski definition) is 2. The summed E-state index contributed by atoms with van der Waals surface area (Å²) in [6.07, 6.45) is 9.43. The number of halogens is 1. The lowest BCUT2D eigenvalue weighted by atomic mass is 9.96. The third kappa shape index (κ3) is 4.80. The number of ether oxygens (including phenoxy) is 1. The van der Waals surface area contributed by atoms with Crippen molar-refractivity contribution < 1.29 is 9.13 Å². The Morgan fingerprint density at radius 2 is 1.79 bits per heavy atom. The minimum absolute atomic E-state index is 0.204. The molecule has 1 saturated carbocycles. The predicted molar refractivity (Wildman–Crippen MR) is 112 cm³/mol. The summed E-state index contributed by atoms with van der Waals surface area (Å²) in [6, 6.07) is 10.8. The fourth-order valence-corrected chi connectivity index (χ4v) is 3.57. The average molecular weight is 393 g/mol. The van der Waals surface area contributed by atoms with Gasteiger partial charge >= 0.3 is 0 Å². The summed E-state index contributed by atoms with van der Waals surface area (Å²) in [5.41, 5.74) is 2.31. The molecule has 0 amide bonds. The van der Waals surface area contributed by atoms with Crippen LogP contribution in [0.2, 0.25) is 0 Å². The maximum atomic E-state index is 14.1. The molecule has 0 radical (unpaired) electrons. The molecule has 1 fully saturated rings. The highest BCUT2D eigenvalue weighted by Gasteiger charge is 2.16. The summed E-state index contributed by atoms with van der Waals surface area (Å²) in [7, 11) is 1.44. The molecular formula is C22H24FN5O. The Balaban J connectivity index is 1.64. The van der Waals surface area contributed by atoms with E-state index in [1.54, 1.807) is 24.5 Å². The van der Waals surface area contributed by atoms with Gasteiger partial charge in [0.2, 0.25) is 5.95 Å². The second-order valence-electron chi connectivity index (χ2n) is 7.15. The van der Waals surface area contributed by atoms with E-state index in [0.717, 1.165) is 24.1 Å². The van der Waals surface area contributed by atoms with Gasteiger partial charge < -0.3 is 15.4 Å². The molecule has 0 atom stereocenters. The minimum Gasteiger partial charge on any atom is -0.494 e. The zero-order valence-corrected chi connectivity index (χ0v) is 16.4. The molecule has 1 aliphatic carbocycles. The Morgan fingerprint density at radius 1 is 1.00 bits per heavy atom. The highest BCUT2D eigenvalue weighted by molar-refractivity contribution is 5.67. The Labute approximate surface area is 169 Å². The Hall–Kier alpha value is -3.22. The van der Waals surface area contributed by atoms with E-state index in [9.17, 15) is 4.39 Å². The molecule has 0 unspecified atom stereocenters. The van der Waals surface area contributed by atoms with Gasteiger partial charge in [-0.05, 0) is 37.1 Å². The first kappa shape index (κ1) is 19.1. The van der Waals surface area contributed by atoms with Crippen LogP contribution in [-0.4, -0.2) is 28.1 Å². The van der Waals surface area contributed by atoms with Crippen LogP contribution in [0.1, 0.15) is 32.1 Å². The fraction of sp³-hybridized carbons (Fsp3) is 0.318. The smallest absolute Gasteiger partial charge is 0.225 e. The third-order valence-electron chi connectivity index (χ3n) is 5.06. The van der Waals surface area contributed by atoms with E-state index in [-0.39, 0.29) is 5.75 Å². The number of rotatable bonds is 6. The van der Waals surface area contributed by atoms with Crippen molar-refractivity contribution in [2.75, 3.05) is 17.7 Å². The molecule has 29 heavy (non-hydrogen) atoms. The molecule has 0 spiro atoms. The van der Waals surface area contributed by atoms with Gasteiger partial charge in [-0.15, -0.1) is 0 Å². The van der Waals surface area contributed by atoms with Crippen LogP contribution in [0.15, 0.2) is 48.8 Å². The monoisotopic (exact) mass is 393 g/mol. The average Bonchev–Trinajstić information content (AvgIpc) is 2.75. The van der Waals surface area contributed by atoms with Crippen LogP contribution in [0.5, 0.6) is 5.75 Å². The second kappa shape index (κ2) is 8.86. The summed E-state index contributed by atoms with van der Waals surface area (Å²) >= 11 is 0. The molecule has 0 bridgehead atoms. The summed E-state index contributed by atoms with van der Waals surface area (Å²) < 4.78 is 19.1. The van der Waals surface area contributed by atoms with Crippen LogP contribution in [-0.2, 0) is 0 Å². The Morgan fingerprint density at radius 3 is 2.52 bits per heavy atom. The fourth-order valence-electron chi connectivity index (χ4n) is 3.57. The highest BCUT2D eigenvalue weighted by Crippen LogP contribution is 2.27. The molecule has 2 heterocycles. The molecule has 2 N–H and O–H groups in total. The molecule has 0 saturated heterocycles. The zero-order chi connectivity index (χ0) is 20.1. The van der Waals surface area contributed by atoms with Crippen molar-refractivity contribution in [2.24, 2.45) is 0 Å². The SMILES string of the molecule is COc1ccc(Nc2cc(-c3ccncc3)nc(NC3CCCCC3)n2)cc1F. The second-order valence-corrected chi connectivity index (χ2v) is 7.15. The topological polar surface area (TPSA) is 72.0 Å². The van der Waals surface area contributed by atoms with Crippen LogP contribution < -0.4 is 15.4 Å². The molecule has 7 heteroatoms. The number of anilines is 3. The van der Waals surface area contributed by atoms with E-state index in [1.807, 2.05) is 18.2 Å². The van der Waals surface area contributed by atoms with Crippen molar-refractivity contribution in [3.8, 4) is 17.0 Å². The van der Waals surface area contributed by atoms with Crippen molar-refractivity contribution in [1.29, 1.82) is 0 Å². The number of hydrogen-bond acceptors (Lipinski definition) is 6. The first-order valence-electron chi connectivity index (χ1n) is 9.88. The van der Waals surface area contributed by atoms with Crippen molar-refractivity contribution >= 4 is 17.5 Å². The number of nitrogens with one attached hydrogen (secondary N) is 2. The summed E-state index contributed by atoms with van der Waals surface area (Å²) in [5, 5.41) is 6.66. The van der Waals surface area contributed by atoms with Crippen molar-refractivity contribution in [1.82, 2.24) is 15.0 Å². The van der Waals surface area contributed by atoms with Crippen molar-refractivity contribution in [3.05, 3.63) is 54.6 Å². The standard InChI is InChI=1S/C22H24FN5O/c1-29-20-8-7-17(13-18(20)23)25-21-14-19(15-9-11-24-12-10-15)27-22(28-21)26-16-5-3-2-4-6-16/h7-14,16H,2-6H2,1H3,(H2,25,26,27,28). The van der Waals surface area contributed by atoms with Gasteiger partial charge in [0, 0.05) is 41.8 Å².